The number of hydrogen-bond acceptors (Lipinski definition) is 0. The van der Waals surface area contributed by atoms with E-state index in [9.17, 15) is 0 Å². The molecule has 0 amide bonds. The van der Waals surface area contributed by atoms with Crippen LogP contribution in [0.15, 0.2) is 0 Å². The van der Waals surface area contributed by atoms with Gasteiger partial charge in [-0.25, -0.2) is 0 Å². The molecule has 0 heterocycles. The van der Waals surface area contributed by atoms with Crippen LogP contribution in [0.1, 0.15) is 219 Å². The molecule has 0 bridgehead atoms. The van der Waals surface area contributed by atoms with Gasteiger partial charge in [0.1, 0.15) is 0 Å². The Morgan fingerprint density at radius 1 is 0.390 bits per heavy atom. The van der Waals surface area contributed by atoms with E-state index in [1.807, 2.05) is 8.84 Å². The normalized spacial score (nSPS) is 11.6. The quantitative estimate of drug-likeness (QED) is 0.0310. The predicted molar refractivity (Wildman–Crippen MR) is 192 cm³/mol. The van der Waals surface area contributed by atoms with Crippen molar-refractivity contribution in [3.8, 4) is 0 Å². The van der Waals surface area contributed by atoms with E-state index in [1.54, 1.807) is 0 Å². The molecule has 0 atom stereocenters. The first kappa shape index (κ1) is 42.0. The monoisotopic (exact) mass is 661 g/mol. The Bertz CT molecular complexity index is 513. The number of rotatable bonds is 34. The van der Waals surface area contributed by atoms with E-state index in [0.29, 0.717) is 0 Å². The summed E-state index contributed by atoms with van der Waals surface area (Å²) in [5, 5.41) is 0. The fourth-order valence-corrected chi connectivity index (χ4v) is 7.81. The van der Waals surface area contributed by atoms with Crippen molar-refractivity contribution in [2.24, 2.45) is 0 Å². The van der Waals surface area contributed by atoms with Gasteiger partial charge in [0.05, 0.1) is 0 Å². The SMILES string of the molecule is CCCCCCCCCCCCCCCCCCN(CCCCCCCCCCCCCCCCCC)C(S)=[S]=[Zn]. The molecule has 0 aromatic rings. The van der Waals surface area contributed by atoms with Crippen molar-refractivity contribution in [3.05, 3.63) is 0 Å². The number of hydrogen-bond donors (Lipinski definition) is 1. The van der Waals surface area contributed by atoms with E-state index in [4.69, 9.17) is 12.6 Å². The molecule has 0 spiro atoms. The molecule has 4 heteroatoms. The molecule has 0 aliphatic carbocycles. The average molecular weight is 664 g/mol. The van der Waals surface area contributed by atoms with E-state index in [2.05, 4.69) is 18.7 Å². The van der Waals surface area contributed by atoms with Crippen LogP contribution in [-0.2, 0) is 16.6 Å². The van der Waals surface area contributed by atoms with Gasteiger partial charge in [-0.15, -0.1) is 0 Å². The van der Waals surface area contributed by atoms with Gasteiger partial charge in [0, 0.05) is 0 Å². The summed E-state index contributed by atoms with van der Waals surface area (Å²) in [4.78, 5) is 2.59. The van der Waals surface area contributed by atoms with Gasteiger partial charge in [-0.3, -0.25) is 0 Å². The second-order valence-corrected chi connectivity index (χ2v) is 16.2. The van der Waals surface area contributed by atoms with Crippen LogP contribution in [0.3, 0.4) is 0 Å². The zero-order chi connectivity index (χ0) is 29.9. The Labute approximate surface area is 278 Å². The van der Waals surface area contributed by atoms with Crippen molar-refractivity contribution in [2.75, 3.05) is 13.1 Å². The maximum absolute atomic E-state index is 4.82. The molecule has 0 unspecified atom stereocenters. The van der Waals surface area contributed by atoms with Crippen LogP contribution in [0.4, 0.5) is 0 Å². The zero-order valence-electron chi connectivity index (χ0n) is 28.6. The summed E-state index contributed by atoms with van der Waals surface area (Å²) in [6.45, 7) is 7.06. The Hall–Kier alpha value is 1.02. The summed E-state index contributed by atoms with van der Waals surface area (Å²) >= 11 is 6.08. The zero-order valence-corrected chi connectivity index (χ0v) is 33.2. The van der Waals surface area contributed by atoms with Gasteiger partial charge >= 0.3 is 163 Å². The maximum atomic E-state index is 4.82. The third kappa shape index (κ3) is 33.7. The minimum absolute atomic E-state index is 1.23. The van der Waals surface area contributed by atoms with Crippen LogP contribution in [0.2, 0.25) is 0 Å². The fourth-order valence-electron chi connectivity index (χ4n) is 6.10. The summed E-state index contributed by atoms with van der Waals surface area (Å²) in [6, 6.07) is 0. The molecule has 0 aromatic carbocycles. The van der Waals surface area contributed by atoms with Crippen molar-refractivity contribution in [1.29, 1.82) is 0 Å². The topological polar surface area (TPSA) is 3.24 Å². The van der Waals surface area contributed by atoms with Crippen LogP contribution in [0.25, 0.3) is 0 Å². The fraction of sp³-hybridized carbons (Fsp3) is 0.973. The van der Waals surface area contributed by atoms with Gasteiger partial charge in [0.25, 0.3) is 0 Å². The van der Waals surface area contributed by atoms with E-state index in [0.717, 1.165) is 0 Å². The summed E-state index contributed by atoms with van der Waals surface area (Å²) < 4.78 is 1.28. The Balaban J connectivity index is 3.49. The van der Waals surface area contributed by atoms with Crippen molar-refractivity contribution >= 4 is 25.8 Å². The van der Waals surface area contributed by atoms with Crippen LogP contribution < -0.4 is 0 Å². The molecule has 0 N–H and O–H groups in total. The number of unbranched alkanes of at least 4 members (excludes halogenated alkanes) is 30. The molecule has 0 saturated heterocycles. The van der Waals surface area contributed by atoms with E-state index < -0.39 is 0 Å². The van der Waals surface area contributed by atoms with E-state index in [-0.39, 0.29) is 0 Å². The second kappa shape index (κ2) is 37.2. The number of thiol groups is 1. The van der Waals surface area contributed by atoms with Gasteiger partial charge in [0.15, 0.2) is 0 Å². The van der Waals surface area contributed by atoms with Crippen LogP contribution >= 0.6 is 21.5 Å². The third-order valence-corrected chi connectivity index (χ3v) is 13.4. The van der Waals surface area contributed by atoms with Crippen LogP contribution in [0.5, 0.6) is 0 Å². The summed E-state index contributed by atoms with van der Waals surface area (Å²) in [6.07, 6.45) is 46.3. The molecule has 0 aliphatic rings. The summed E-state index contributed by atoms with van der Waals surface area (Å²) in [5.74, 6) is 0. The van der Waals surface area contributed by atoms with Gasteiger partial charge in [-0.1, -0.05) is 117 Å². The summed E-state index contributed by atoms with van der Waals surface area (Å²) in [7, 11) is 1.94. The molecule has 0 aliphatic heterocycles. The molecule has 41 heavy (non-hydrogen) atoms. The molecule has 242 valence electrons. The average Bonchev–Trinajstić information content (AvgIpc) is 2.99. The Kier molecular flexibility index (Phi) is 38.1. The van der Waals surface area contributed by atoms with Gasteiger partial charge < -0.3 is 0 Å². The standard InChI is InChI=1S/C37H75NS2.Zn/c1-3-5-7-9-11-13-15-17-19-21-23-25-27-29-31-33-35-38(37(39)40)36-34-32-30-28-26-24-22-20-18-16-14-12-10-8-6-4-2;/h3-36H2,1-2H3,(H,39,40);. The van der Waals surface area contributed by atoms with E-state index in [1.165, 1.54) is 239 Å². The van der Waals surface area contributed by atoms with Crippen LogP contribution in [-0.4, -0.2) is 22.3 Å². The van der Waals surface area contributed by atoms with E-state index >= 15 is 0 Å². The second-order valence-electron chi connectivity index (χ2n) is 13.0. The van der Waals surface area contributed by atoms with Gasteiger partial charge in [-0.05, 0) is 0 Å². The third-order valence-electron chi connectivity index (χ3n) is 8.96. The van der Waals surface area contributed by atoms with Crippen molar-refractivity contribution in [1.82, 2.24) is 4.90 Å². The predicted octanol–water partition coefficient (Wildman–Crippen LogP) is 14.0. The summed E-state index contributed by atoms with van der Waals surface area (Å²) in [5.41, 5.74) is 0. The molecular formula is C37H75NS2Zn. The first-order valence-electron chi connectivity index (χ1n) is 19.0. The molecular weight excluding hydrogens is 588 g/mol. The molecule has 0 radical (unpaired) electrons. The van der Waals surface area contributed by atoms with Crippen molar-refractivity contribution in [3.63, 3.8) is 0 Å². The molecule has 1 nitrogen and oxygen atoms in total. The van der Waals surface area contributed by atoms with Crippen LogP contribution in [0, 0.1) is 0 Å². The van der Waals surface area contributed by atoms with Crippen molar-refractivity contribution in [2.45, 2.75) is 219 Å². The Morgan fingerprint density at radius 2 is 0.585 bits per heavy atom. The number of nitrogens with zero attached hydrogens (tertiary/aromatic N) is 1. The first-order valence-corrected chi connectivity index (χ1v) is 24.1. The molecule has 0 aromatic heterocycles. The Morgan fingerprint density at radius 3 is 0.780 bits per heavy atom. The van der Waals surface area contributed by atoms with Crippen molar-refractivity contribution < 1.29 is 16.6 Å². The molecule has 0 fully saturated rings. The van der Waals surface area contributed by atoms with Gasteiger partial charge in [-0.2, -0.15) is 0 Å². The first-order chi connectivity index (χ1) is 20.3. The minimum atomic E-state index is 1.23. The van der Waals surface area contributed by atoms with Gasteiger partial charge in [0.2, 0.25) is 0 Å². The molecule has 0 rings (SSSR count). The molecule has 0 saturated carbocycles.